The molecule has 5 aliphatic heterocycles. The number of ether oxygens (including phenoxy) is 2. The normalized spacial score (nSPS) is 17.5. The molecule has 5 aliphatic rings. The Morgan fingerprint density at radius 1 is 0.387 bits per heavy atom. The van der Waals surface area contributed by atoms with Crippen molar-refractivity contribution >= 4 is 111 Å². The molecule has 19 aromatic rings. The number of halogens is 1. The number of anilines is 5. The number of benzene rings is 7. The Hall–Kier alpha value is -15.9. The second-order valence-electron chi connectivity index (χ2n) is 37.1. The van der Waals surface area contributed by atoms with E-state index in [1.165, 1.54) is 26.4 Å². The molecule has 34 heteroatoms. The molecule has 0 radical (unpaired) electrons. The van der Waals surface area contributed by atoms with Gasteiger partial charge in [-0.3, -0.25) is 13.2 Å². The zero-order chi connectivity index (χ0) is 98.1. The molecule has 142 heavy (non-hydrogen) atoms. The van der Waals surface area contributed by atoms with Crippen LogP contribution in [-0.4, -0.2) is 208 Å². The van der Waals surface area contributed by atoms with E-state index in [1.807, 2.05) is 144 Å². The van der Waals surface area contributed by atoms with Crippen molar-refractivity contribution in [3.05, 3.63) is 295 Å². The monoisotopic (exact) mass is 1910 g/mol. The van der Waals surface area contributed by atoms with Gasteiger partial charge in [-0.2, -0.15) is 0 Å². The first-order valence-electron chi connectivity index (χ1n) is 47.7. The maximum absolute atomic E-state index is 14.9. The molecule has 4 N–H and O–H groups in total. The SMILES string of the molecule is CN1CCCN(c2ccc3cc(-c4cn5cnccc5n4)c(=O)oc3c2)CC1.COc1ccc(-c2cc3c(F)cc(N4CCN[C@@H](C)C4)cc3oc2=O)cc1OC.C[C@@H]1CN(c2ccc3cc(-c4ncc5ccccc5n4)c(=O)oc3c2)C[C@H](C)N1.Cc1cnc2nc(-c3cc4ccc(N5CCN[C@@H](C)C5)cc4oc3=O)cn2c1.Cc1cnc2nc(-c3cc4ccc(N5CCN[C@H](C)C5)cc4oc3=O)cn2c1. The van der Waals surface area contributed by atoms with E-state index < -0.39 is 28.3 Å². The van der Waals surface area contributed by atoms with Gasteiger partial charge >= 0.3 is 28.1 Å². The lowest BCUT2D eigenvalue weighted by Gasteiger charge is -2.37. The summed E-state index contributed by atoms with van der Waals surface area (Å²) in [7, 11) is 5.20. The fraction of sp³-hybridized carbons (Fsp3) is 0.287. The Kier molecular flexibility index (Phi) is 26.7. The molecular formula is C108H108FN21O12. The van der Waals surface area contributed by atoms with Crippen LogP contribution >= 0.6 is 0 Å². The van der Waals surface area contributed by atoms with Crippen molar-refractivity contribution in [3.63, 3.8) is 0 Å². The Balaban J connectivity index is 0.000000109. The molecule has 724 valence electrons. The standard InChI is InChI=1S/C23H22N4O2.C22H23FN2O4.3C21H21N5O2/c1-14-12-27(13-15(2)25-14)18-8-7-16-9-19(23(28)29-21(16)10-18)22-24-11-17-5-3-4-6-20(17)26-22;1-13-12-25(7-6-24-13)15-9-18(23)17-11-16(22(26)29-20(17)10-15)14-4-5-19(27-2)21(8-14)28-3;2*1-13-9-23-21-24-18(12-26(21)10-13)17-7-15-3-4-16(8-19(15)28-20(17)27)25-6-5-22-14(2)11-25;1-24-7-2-8-25(10-9-24)16-4-3-15-11-17(21(27)28-19(15)12-16)18-13-26-14-22-6-5-20(26)23-18/h3-11,14-15,25H,12-13H2,1-2H3;4-5,8-11,13,24H,6-7,12H2,1-3H3;2*3-4,7-10,12,14,22H,5-6,11H2,1-2H3;3-6,11-14H,2,7-10H2,1H3/t14-,15+;13-;2*14-;/m.010./s1. The van der Waals surface area contributed by atoms with Crippen LogP contribution in [0.2, 0.25) is 0 Å². The highest BCUT2D eigenvalue weighted by molar-refractivity contribution is 5.90. The van der Waals surface area contributed by atoms with E-state index in [0.29, 0.717) is 132 Å². The largest absolute Gasteiger partial charge is 0.493 e. The fourth-order valence-corrected chi connectivity index (χ4v) is 19.1. The molecule has 0 unspecified atom stereocenters. The van der Waals surface area contributed by atoms with E-state index in [0.717, 1.165) is 177 Å². The van der Waals surface area contributed by atoms with Crippen LogP contribution in [0.5, 0.6) is 11.5 Å². The minimum Gasteiger partial charge on any atom is -0.493 e. The summed E-state index contributed by atoms with van der Waals surface area (Å²) < 4.78 is 59.1. The minimum atomic E-state index is -0.532. The van der Waals surface area contributed by atoms with Crippen molar-refractivity contribution in [3.8, 4) is 67.8 Å². The molecule has 33 nitrogen and oxygen atoms in total. The van der Waals surface area contributed by atoms with Gasteiger partial charge in [0.25, 0.3) is 0 Å². The van der Waals surface area contributed by atoms with Gasteiger partial charge in [0, 0.05) is 263 Å². The van der Waals surface area contributed by atoms with Gasteiger partial charge in [0.05, 0.1) is 64.5 Å². The topological polar surface area (TPSA) is 353 Å². The predicted octanol–water partition coefficient (Wildman–Crippen LogP) is 14.9. The van der Waals surface area contributed by atoms with Crippen molar-refractivity contribution in [2.75, 3.05) is 144 Å². The third-order valence-corrected chi connectivity index (χ3v) is 26.3. The first kappa shape index (κ1) is 93.8. The summed E-state index contributed by atoms with van der Waals surface area (Å²) in [6, 6.07) is 52.9. The van der Waals surface area contributed by atoms with E-state index in [1.54, 1.807) is 72.0 Å². The lowest BCUT2D eigenvalue weighted by atomic mass is 10.0. The number of piperazine rings is 4. The van der Waals surface area contributed by atoms with Gasteiger partial charge in [-0.25, -0.2) is 68.2 Å². The Labute approximate surface area is 813 Å². The summed E-state index contributed by atoms with van der Waals surface area (Å²) in [6.07, 6.45) is 19.0. The quantitative estimate of drug-likeness (QED) is 0.0825. The third kappa shape index (κ3) is 20.5. The Bertz CT molecular complexity index is 8060. The second kappa shape index (κ2) is 40.5. The number of aromatic nitrogens is 11. The summed E-state index contributed by atoms with van der Waals surface area (Å²) in [6.45, 7) is 28.7. The highest BCUT2D eigenvalue weighted by Gasteiger charge is 2.28. The maximum atomic E-state index is 14.9. The van der Waals surface area contributed by atoms with Gasteiger partial charge in [-0.05, 0) is 194 Å². The molecule has 0 aliphatic carbocycles. The highest BCUT2D eigenvalue weighted by Crippen LogP contribution is 2.37. The number of hydrogen-bond acceptors (Lipinski definition) is 30. The van der Waals surface area contributed by atoms with Crippen LogP contribution in [0.25, 0.3) is 139 Å². The van der Waals surface area contributed by atoms with E-state index in [4.69, 9.17) is 31.6 Å². The van der Waals surface area contributed by atoms with Gasteiger partial charge in [0.2, 0.25) is 11.6 Å². The molecule has 24 rings (SSSR count). The van der Waals surface area contributed by atoms with E-state index in [2.05, 4.69) is 156 Å². The van der Waals surface area contributed by atoms with Crippen LogP contribution in [0.1, 0.15) is 52.2 Å². The second-order valence-corrected chi connectivity index (χ2v) is 37.1. The molecule has 5 saturated heterocycles. The number of fused-ring (bicyclic) bond motifs is 9. The van der Waals surface area contributed by atoms with Crippen LogP contribution in [-0.2, 0) is 0 Å². The smallest absolute Gasteiger partial charge is 0.347 e. The molecule has 0 saturated carbocycles. The molecule has 0 bridgehead atoms. The van der Waals surface area contributed by atoms with Crippen molar-refractivity contribution in [1.82, 2.24) is 79.2 Å². The van der Waals surface area contributed by atoms with Crippen LogP contribution in [0.3, 0.4) is 0 Å². The molecule has 5 fully saturated rings. The van der Waals surface area contributed by atoms with Gasteiger partial charge < -0.3 is 82.2 Å². The minimum absolute atomic E-state index is 0.236. The van der Waals surface area contributed by atoms with Crippen molar-refractivity contribution in [2.45, 2.75) is 85.1 Å². The molecule has 17 heterocycles. The van der Waals surface area contributed by atoms with Crippen molar-refractivity contribution < 1.29 is 35.9 Å². The fourth-order valence-electron chi connectivity index (χ4n) is 19.1. The average Bonchev–Trinajstić information content (AvgIpc) is 1.23. The lowest BCUT2D eigenvalue weighted by Crippen LogP contribution is -2.54. The summed E-state index contributed by atoms with van der Waals surface area (Å²) in [5, 5.41) is 18.5. The van der Waals surface area contributed by atoms with Gasteiger partial charge in [-0.1, -0.05) is 24.3 Å². The van der Waals surface area contributed by atoms with Crippen molar-refractivity contribution in [1.29, 1.82) is 0 Å². The summed E-state index contributed by atoms with van der Waals surface area (Å²) in [4.78, 5) is 112. The molecule has 0 amide bonds. The number of rotatable bonds is 12. The maximum Gasteiger partial charge on any atom is 0.347 e. The number of likely N-dealkylation sites (N-methyl/N-ethyl adjacent to an activating group) is 1. The zero-order valence-electron chi connectivity index (χ0n) is 80.4. The first-order valence-corrected chi connectivity index (χ1v) is 47.7. The number of para-hydroxylation sites is 1. The zero-order valence-corrected chi connectivity index (χ0v) is 80.4. The third-order valence-electron chi connectivity index (χ3n) is 26.3. The van der Waals surface area contributed by atoms with Crippen LogP contribution < -0.4 is 83.4 Å². The lowest BCUT2D eigenvalue weighted by molar-refractivity contribution is 0.355. The number of hydrogen-bond donors (Lipinski definition) is 4. The number of nitrogens with zero attached hydrogens (tertiary/aromatic N) is 17. The molecule has 12 aromatic heterocycles. The number of imidazole rings is 3. The summed E-state index contributed by atoms with van der Waals surface area (Å²) >= 11 is 0. The average molecular weight is 1910 g/mol. The van der Waals surface area contributed by atoms with E-state index >= 15 is 0 Å². The van der Waals surface area contributed by atoms with Crippen LogP contribution in [0.15, 0.2) is 272 Å². The van der Waals surface area contributed by atoms with E-state index in [-0.39, 0.29) is 22.2 Å². The molecular weight excluding hydrogens is 1800 g/mol. The van der Waals surface area contributed by atoms with Gasteiger partial charge in [0.1, 0.15) is 51.3 Å². The van der Waals surface area contributed by atoms with Gasteiger partial charge in [-0.15, -0.1) is 0 Å². The number of nitrogens with one attached hydrogen (secondary N) is 4. The highest BCUT2D eigenvalue weighted by atomic mass is 19.1. The van der Waals surface area contributed by atoms with Crippen LogP contribution in [0, 0.1) is 19.7 Å². The van der Waals surface area contributed by atoms with E-state index in [9.17, 15) is 28.4 Å². The van der Waals surface area contributed by atoms with Crippen LogP contribution in [0.4, 0.5) is 32.8 Å². The molecule has 7 aromatic carbocycles. The molecule has 5 atom stereocenters. The number of aryl methyl sites for hydroxylation is 2. The predicted molar refractivity (Wildman–Crippen MR) is 552 cm³/mol. The Morgan fingerprint density at radius 3 is 1.38 bits per heavy atom. The first-order chi connectivity index (χ1) is 68.9. The Morgan fingerprint density at radius 2 is 0.852 bits per heavy atom. The van der Waals surface area contributed by atoms with Gasteiger partial charge in [0.15, 0.2) is 17.3 Å². The van der Waals surface area contributed by atoms with Crippen molar-refractivity contribution in [2.24, 2.45) is 0 Å². The number of methoxy groups -OCH3 is 2. The molecule has 0 spiro atoms. The summed E-state index contributed by atoms with van der Waals surface area (Å²) in [5.74, 6) is 2.10. The summed E-state index contributed by atoms with van der Waals surface area (Å²) in [5.41, 5.74) is 13.4.